The Morgan fingerprint density at radius 2 is 2.20 bits per heavy atom. The van der Waals surface area contributed by atoms with Crippen LogP contribution in [0, 0.1) is 5.92 Å². The molecule has 1 atom stereocenters. The summed E-state index contributed by atoms with van der Waals surface area (Å²) in [6.45, 7) is 7.48. The third-order valence-electron chi connectivity index (χ3n) is 3.24. The Bertz CT molecular complexity index is 630. The molecule has 0 amide bonds. The molecule has 1 aromatic heterocycles. The van der Waals surface area contributed by atoms with E-state index < -0.39 is 5.76 Å². The van der Waals surface area contributed by atoms with E-state index >= 15 is 0 Å². The summed E-state index contributed by atoms with van der Waals surface area (Å²) < 4.78 is 10.5. The number of ether oxygens (including phenoxy) is 1. The van der Waals surface area contributed by atoms with Crippen molar-refractivity contribution in [2.24, 2.45) is 5.92 Å². The summed E-state index contributed by atoms with van der Waals surface area (Å²) in [7, 11) is 0. The van der Waals surface area contributed by atoms with Crippen LogP contribution in [0.5, 0.6) is 0 Å². The van der Waals surface area contributed by atoms with Crippen LogP contribution in [0.1, 0.15) is 20.8 Å². The number of aromatic nitrogens is 1. The Balaban J connectivity index is 2.26. The second kappa shape index (κ2) is 6.00. The fourth-order valence-corrected chi connectivity index (χ4v) is 1.98. The molecule has 0 saturated heterocycles. The highest BCUT2D eigenvalue weighted by Gasteiger charge is 2.15. The Morgan fingerprint density at radius 3 is 2.85 bits per heavy atom. The molecule has 0 spiro atoms. The normalized spacial score (nSPS) is 13.0. The molecule has 0 aliphatic carbocycles. The maximum atomic E-state index is 11.2. The molecule has 0 saturated carbocycles. The maximum absolute atomic E-state index is 11.2. The lowest BCUT2D eigenvalue weighted by Gasteiger charge is -2.24. The van der Waals surface area contributed by atoms with Crippen molar-refractivity contribution in [1.29, 1.82) is 0 Å². The number of H-pyrrole nitrogens is 1. The number of nitrogens with two attached hydrogens (primary N) is 1. The van der Waals surface area contributed by atoms with Gasteiger partial charge in [-0.05, 0) is 18.9 Å². The first-order valence-electron chi connectivity index (χ1n) is 6.78. The number of nitrogen functional groups attached to an aromatic ring is 1. The fraction of sp³-hybridized carbons (Fsp3) is 0.500. The SMILES string of the molecule is CCOCC(Nc1cc2[nH]c(=O)oc2cc1N)C(C)C. The molecule has 1 unspecified atom stereocenters. The van der Waals surface area contributed by atoms with Gasteiger partial charge in [0.15, 0.2) is 5.58 Å². The highest BCUT2D eigenvalue weighted by molar-refractivity contribution is 5.85. The number of fused-ring (bicyclic) bond motifs is 1. The van der Waals surface area contributed by atoms with Gasteiger partial charge in [0.1, 0.15) is 0 Å². The van der Waals surface area contributed by atoms with Gasteiger partial charge in [0.2, 0.25) is 0 Å². The third kappa shape index (κ3) is 3.14. The quantitative estimate of drug-likeness (QED) is 0.705. The average molecular weight is 279 g/mol. The van der Waals surface area contributed by atoms with Gasteiger partial charge >= 0.3 is 5.76 Å². The third-order valence-corrected chi connectivity index (χ3v) is 3.24. The van der Waals surface area contributed by atoms with E-state index in [0.29, 0.717) is 35.9 Å². The first-order chi connectivity index (χ1) is 9.51. The summed E-state index contributed by atoms with van der Waals surface area (Å²) in [5, 5.41) is 3.37. The Hall–Kier alpha value is -1.95. The summed E-state index contributed by atoms with van der Waals surface area (Å²) >= 11 is 0. The van der Waals surface area contributed by atoms with Crippen molar-refractivity contribution in [2.45, 2.75) is 26.8 Å². The largest absolute Gasteiger partial charge is 0.417 e. The maximum Gasteiger partial charge on any atom is 0.417 e. The van der Waals surface area contributed by atoms with Crippen LogP contribution in [0.15, 0.2) is 21.3 Å². The molecule has 0 fully saturated rings. The fourth-order valence-electron chi connectivity index (χ4n) is 1.98. The van der Waals surface area contributed by atoms with Crippen LogP contribution in [-0.2, 0) is 4.74 Å². The molecule has 0 aliphatic rings. The van der Waals surface area contributed by atoms with Crippen molar-refractivity contribution in [3.63, 3.8) is 0 Å². The summed E-state index contributed by atoms with van der Waals surface area (Å²) in [6.07, 6.45) is 0. The summed E-state index contributed by atoms with van der Waals surface area (Å²) in [5.74, 6) is -0.0914. The highest BCUT2D eigenvalue weighted by atomic mass is 16.5. The molecule has 6 nitrogen and oxygen atoms in total. The Morgan fingerprint density at radius 1 is 1.45 bits per heavy atom. The lowest BCUT2D eigenvalue weighted by atomic mass is 10.0. The molecular weight excluding hydrogens is 258 g/mol. The van der Waals surface area contributed by atoms with E-state index in [2.05, 4.69) is 24.1 Å². The molecule has 110 valence electrons. The monoisotopic (exact) mass is 279 g/mol. The van der Waals surface area contributed by atoms with Crippen molar-refractivity contribution in [3.05, 3.63) is 22.7 Å². The molecule has 4 N–H and O–H groups in total. The minimum atomic E-state index is -0.480. The Labute approximate surface area is 117 Å². The summed E-state index contributed by atoms with van der Waals surface area (Å²) in [4.78, 5) is 13.8. The second-order valence-electron chi connectivity index (χ2n) is 5.10. The molecule has 0 bridgehead atoms. The van der Waals surface area contributed by atoms with Gasteiger partial charge in [0.25, 0.3) is 0 Å². The summed E-state index contributed by atoms with van der Waals surface area (Å²) in [5.41, 5.74) is 8.40. The number of anilines is 2. The van der Waals surface area contributed by atoms with Gasteiger partial charge < -0.3 is 20.2 Å². The molecule has 1 heterocycles. The van der Waals surface area contributed by atoms with Crippen molar-refractivity contribution in [2.75, 3.05) is 24.3 Å². The van der Waals surface area contributed by atoms with Crippen molar-refractivity contribution >= 4 is 22.5 Å². The van der Waals surface area contributed by atoms with E-state index in [4.69, 9.17) is 14.9 Å². The van der Waals surface area contributed by atoms with Gasteiger partial charge in [-0.15, -0.1) is 0 Å². The van der Waals surface area contributed by atoms with Crippen LogP contribution in [0.25, 0.3) is 11.1 Å². The molecular formula is C14H21N3O3. The zero-order valence-electron chi connectivity index (χ0n) is 12.0. The molecule has 0 radical (unpaired) electrons. The number of hydrogen-bond acceptors (Lipinski definition) is 5. The van der Waals surface area contributed by atoms with Crippen molar-refractivity contribution in [3.8, 4) is 0 Å². The molecule has 2 aromatic rings. The van der Waals surface area contributed by atoms with Gasteiger partial charge in [-0.25, -0.2) is 4.79 Å². The van der Waals surface area contributed by atoms with Crippen LogP contribution in [0.3, 0.4) is 0 Å². The van der Waals surface area contributed by atoms with Crippen LogP contribution in [-0.4, -0.2) is 24.2 Å². The first-order valence-corrected chi connectivity index (χ1v) is 6.78. The molecule has 20 heavy (non-hydrogen) atoms. The van der Waals surface area contributed by atoms with E-state index in [0.717, 1.165) is 5.69 Å². The topological polar surface area (TPSA) is 93.3 Å². The number of aromatic amines is 1. The average Bonchev–Trinajstić information content (AvgIpc) is 2.73. The van der Waals surface area contributed by atoms with E-state index in [-0.39, 0.29) is 6.04 Å². The second-order valence-corrected chi connectivity index (χ2v) is 5.10. The van der Waals surface area contributed by atoms with E-state index in [1.54, 1.807) is 12.1 Å². The standard InChI is InChI=1S/C14H21N3O3/c1-4-19-7-12(8(2)3)16-10-6-11-13(5-9(10)15)20-14(18)17-11/h5-6,8,12,16H,4,7,15H2,1-3H3,(H,17,18). The predicted molar refractivity (Wildman–Crippen MR) is 80.0 cm³/mol. The van der Waals surface area contributed by atoms with Crippen molar-refractivity contribution < 1.29 is 9.15 Å². The van der Waals surface area contributed by atoms with Gasteiger partial charge in [-0.1, -0.05) is 13.8 Å². The summed E-state index contributed by atoms with van der Waals surface area (Å²) in [6, 6.07) is 3.58. The molecule has 2 rings (SSSR count). The predicted octanol–water partition coefficient (Wildman–Crippen LogP) is 2.18. The minimum absolute atomic E-state index is 0.147. The van der Waals surface area contributed by atoms with Gasteiger partial charge in [0.05, 0.1) is 29.5 Å². The van der Waals surface area contributed by atoms with Crippen molar-refractivity contribution in [1.82, 2.24) is 4.98 Å². The first kappa shape index (κ1) is 14.5. The Kier molecular flexibility index (Phi) is 4.34. The smallest absolute Gasteiger partial charge is 0.408 e. The molecule has 0 aliphatic heterocycles. The van der Waals surface area contributed by atoms with Crippen LogP contribution >= 0.6 is 0 Å². The van der Waals surface area contributed by atoms with Crippen LogP contribution in [0.2, 0.25) is 0 Å². The zero-order chi connectivity index (χ0) is 14.7. The van der Waals surface area contributed by atoms with E-state index in [1.165, 1.54) is 0 Å². The minimum Gasteiger partial charge on any atom is -0.408 e. The number of hydrogen-bond donors (Lipinski definition) is 3. The van der Waals surface area contributed by atoms with Gasteiger partial charge in [0, 0.05) is 12.7 Å². The molecule has 1 aromatic carbocycles. The highest BCUT2D eigenvalue weighted by Crippen LogP contribution is 2.26. The van der Waals surface area contributed by atoms with Gasteiger partial charge in [-0.2, -0.15) is 0 Å². The van der Waals surface area contributed by atoms with E-state index in [1.807, 2.05) is 6.92 Å². The zero-order valence-corrected chi connectivity index (χ0v) is 12.0. The number of benzene rings is 1. The molecule has 6 heteroatoms. The van der Waals surface area contributed by atoms with Gasteiger partial charge in [-0.3, -0.25) is 4.98 Å². The number of rotatable bonds is 6. The number of nitrogens with one attached hydrogen (secondary N) is 2. The van der Waals surface area contributed by atoms with Crippen LogP contribution in [0.4, 0.5) is 11.4 Å². The lowest BCUT2D eigenvalue weighted by molar-refractivity contribution is 0.127. The van der Waals surface area contributed by atoms with E-state index in [9.17, 15) is 4.79 Å². The van der Waals surface area contributed by atoms with Crippen LogP contribution < -0.4 is 16.8 Å². The number of oxazole rings is 1. The lowest BCUT2D eigenvalue weighted by Crippen LogP contribution is -2.31.